The third-order valence-electron chi connectivity index (χ3n) is 5.27. The second-order valence-corrected chi connectivity index (χ2v) is 7.03. The van der Waals surface area contributed by atoms with Gasteiger partial charge in [0.25, 0.3) is 0 Å². The predicted octanol–water partition coefficient (Wildman–Crippen LogP) is 5.28. The molecule has 136 valence electrons. The van der Waals surface area contributed by atoms with E-state index in [1.165, 1.54) is 11.1 Å². The van der Waals surface area contributed by atoms with Crippen LogP contribution >= 0.6 is 0 Å². The topological polar surface area (TPSA) is 54.4 Å². The van der Waals surface area contributed by atoms with Gasteiger partial charge in [-0.3, -0.25) is 9.59 Å². The number of hydrogen-bond donors (Lipinski definition) is 1. The average molecular weight is 342 g/mol. The van der Waals surface area contributed by atoms with Crippen molar-refractivity contribution in [3.63, 3.8) is 0 Å². The highest BCUT2D eigenvalue weighted by atomic mass is 16.4. The van der Waals surface area contributed by atoms with Crippen LogP contribution in [0.15, 0.2) is 30.3 Å². The molecule has 0 amide bonds. The van der Waals surface area contributed by atoms with E-state index in [0.29, 0.717) is 18.1 Å². The zero-order chi connectivity index (χ0) is 18.1. The highest BCUT2D eigenvalue weighted by molar-refractivity contribution is 5.84. The van der Waals surface area contributed by atoms with Crippen LogP contribution in [-0.2, 0) is 16.0 Å². The van der Waals surface area contributed by atoms with Crippen LogP contribution in [0.25, 0.3) is 6.08 Å². The number of rotatable bonds is 10. The van der Waals surface area contributed by atoms with Crippen molar-refractivity contribution in [2.45, 2.75) is 64.7 Å². The van der Waals surface area contributed by atoms with Crippen molar-refractivity contribution in [1.29, 1.82) is 0 Å². The minimum Gasteiger partial charge on any atom is -0.481 e. The average Bonchev–Trinajstić information content (AvgIpc) is 2.96. The number of carbonyl (C=O) groups is 2. The first kappa shape index (κ1) is 19.4. The van der Waals surface area contributed by atoms with Gasteiger partial charge in [-0.1, -0.05) is 62.6 Å². The summed E-state index contributed by atoms with van der Waals surface area (Å²) in [7, 11) is 0. The lowest BCUT2D eigenvalue weighted by Gasteiger charge is -2.15. The molecule has 1 aromatic carbocycles. The number of carbonyl (C=O) groups excluding carboxylic acids is 1. The molecular weight excluding hydrogens is 312 g/mol. The molecule has 0 radical (unpaired) electrons. The molecule has 1 aliphatic rings. The molecule has 2 unspecified atom stereocenters. The lowest BCUT2D eigenvalue weighted by atomic mass is 9.89. The molecule has 0 spiro atoms. The highest BCUT2D eigenvalue weighted by Gasteiger charge is 2.32. The Kier molecular flexibility index (Phi) is 7.90. The van der Waals surface area contributed by atoms with Gasteiger partial charge in [-0.2, -0.15) is 0 Å². The van der Waals surface area contributed by atoms with E-state index in [2.05, 4.69) is 43.3 Å². The van der Waals surface area contributed by atoms with Crippen LogP contribution in [-0.4, -0.2) is 16.9 Å². The first-order valence-corrected chi connectivity index (χ1v) is 9.62. The number of hydrogen-bond acceptors (Lipinski definition) is 2. The van der Waals surface area contributed by atoms with E-state index in [0.717, 1.165) is 44.9 Å². The van der Waals surface area contributed by atoms with E-state index in [1.54, 1.807) is 0 Å². The number of allylic oxidation sites excluding steroid dienone is 1. The Morgan fingerprint density at radius 3 is 2.72 bits per heavy atom. The Morgan fingerprint density at radius 2 is 1.96 bits per heavy atom. The van der Waals surface area contributed by atoms with E-state index in [4.69, 9.17) is 5.11 Å². The number of benzene rings is 1. The van der Waals surface area contributed by atoms with Crippen molar-refractivity contribution in [2.24, 2.45) is 11.8 Å². The second kappa shape index (κ2) is 10.2. The van der Waals surface area contributed by atoms with Gasteiger partial charge >= 0.3 is 5.97 Å². The zero-order valence-electron chi connectivity index (χ0n) is 15.2. The van der Waals surface area contributed by atoms with Gasteiger partial charge in [0.15, 0.2) is 0 Å². The Balaban J connectivity index is 1.84. The molecule has 0 aliphatic heterocycles. The first-order valence-electron chi connectivity index (χ1n) is 9.62. The summed E-state index contributed by atoms with van der Waals surface area (Å²) in [5, 5.41) is 8.65. The molecule has 0 bridgehead atoms. The Hall–Kier alpha value is -1.90. The van der Waals surface area contributed by atoms with E-state index in [1.807, 2.05) is 0 Å². The molecule has 0 saturated heterocycles. The Labute approximate surface area is 151 Å². The minimum atomic E-state index is -0.719. The largest absolute Gasteiger partial charge is 0.481 e. The smallest absolute Gasteiger partial charge is 0.303 e. The molecule has 1 aliphatic carbocycles. The molecule has 2 rings (SSSR count). The molecular formula is C22H30O3. The van der Waals surface area contributed by atoms with E-state index in [9.17, 15) is 9.59 Å². The molecule has 1 N–H and O–H groups in total. The summed E-state index contributed by atoms with van der Waals surface area (Å²) >= 11 is 0. The lowest BCUT2D eigenvalue weighted by Crippen LogP contribution is -2.13. The molecule has 1 aromatic rings. The monoisotopic (exact) mass is 342 g/mol. The first-order chi connectivity index (χ1) is 12.1. The van der Waals surface area contributed by atoms with Gasteiger partial charge in [0.05, 0.1) is 0 Å². The number of aryl methyl sites for hydroxylation is 1. The molecule has 3 heteroatoms. The van der Waals surface area contributed by atoms with Crippen molar-refractivity contribution in [3.8, 4) is 0 Å². The Bertz CT molecular complexity index is 603. The second-order valence-electron chi connectivity index (χ2n) is 7.03. The molecule has 1 saturated carbocycles. The number of carboxylic acid groups (broad SMARTS) is 1. The molecule has 3 nitrogen and oxygen atoms in total. The minimum absolute atomic E-state index is 0.157. The van der Waals surface area contributed by atoms with Crippen molar-refractivity contribution in [1.82, 2.24) is 0 Å². The molecule has 1 fully saturated rings. The Morgan fingerprint density at radius 1 is 1.20 bits per heavy atom. The SMILES string of the molecule is CCc1ccccc1C=CC1CCC(=O)C1CCCCCCC(=O)O. The summed E-state index contributed by atoms with van der Waals surface area (Å²) in [6, 6.07) is 8.44. The van der Waals surface area contributed by atoms with Gasteiger partial charge in [0.1, 0.15) is 5.78 Å². The molecule has 0 aromatic heterocycles. The maximum absolute atomic E-state index is 12.2. The fraction of sp³-hybridized carbons (Fsp3) is 0.545. The maximum atomic E-state index is 12.2. The van der Waals surface area contributed by atoms with Gasteiger partial charge in [-0.25, -0.2) is 0 Å². The maximum Gasteiger partial charge on any atom is 0.303 e. The number of Topliss-reactive ketones (excluding diaryl/α,β-unsaturated/α-hetero) is 1. The van der Waals surface area contributed by atoms with Crippen LogP contribution in [0.5, 0.6) is 0 Å². The van der Waals surface area contributed by atoms with Crippen molar-refractivity contribution < 1.29 is 14.7 Å². The van der Waals surface area contributed by atoms with Crippen LogP contribution in [0, 0.1) is 11.8 Å². The zero-order valence-corrected chi connectivity index (χ0v) is 15.2. The van der Waals surface area contributed by atoms with Gasteiger partial charge in [-0.05, 0) is 42.7 Å². The fourth-order valence-corrected chi connectivity index (χ4v) is 3.78. The van der Waals surface area contributed by atoms with Gasteiger partial charge in [0, 0.05) is 18.8 Å². The third-order valence-corrected chi connectivity index (χ3v) is 5.27. The summed E-state index contributed by atoms with van der Waals surface area (Å²) < 4.78 is 0. The van der Waals surface area contributed by atoms with Crippen LogP contribution in [0.3, 0.4) is 0 Å². The van der Waals surface area contributed by atoms with Crippen molar-refractivity contribution in [3.05, 3.63) is 41.5 Å². The van der Waals surface area contributed by atoms with Crippen LogP contribution in [0.2, 0.25) is 0 Å². The molecule has 25 heavy (non-hydrogen) atoms. The normalized spacial score (nSPS) is 20.4. The number of aliphatic carboxylic acids is 1. The summed E-state index contributed by atoms with van der Waals surface area (Å²) in [5.74, 6) is 0.202. The lowest BCUT2D eigenvalue weighted by molar-refractivity contribution is -0.137. The quantitative estimate of drug-likeness (QED) is 0.588. The number of unbranched alkanes of at least 4 members (excludes halogenated alkanes) is 3. The molecule has 0 heterocycles. The summed E-state index contributed by atoms with van der Waals surface area (Å²) in [4.78, 5) is 22.7. The summed E-state index contributed by atoms with van der Waals surface area (Å²) in [5.41, 5.74) is 2.61. The van der Waals surface area contributed by atoms with Crippen LogP contribution in [0.1, 0.15) is 69.4 Å². The van der Waals surface area contributed by atoms with E-state index in [-0.39, 0.29) is 12.3 Å². The van der Waals surface area contributed by atoms with E-state index < -0.39 is 5.97 Å². The fourth-order valence-electron chi connectivity index (χ4n) is 3.78. The predicted molar refractivity (Wildman–Crippen MR) is 101 cm³/mol. The van der Waals surface area contributed by atoms with Gasteiger partial charge in [-0.15, -0.1) is 0 Å². The summed E-state index contributed by atoms with van der Waals surface area (Å²) in [6.45, 7) is 2.17. The van der Waals surface area contributed by atoms with Crippen molar-refractivity contribution in [2.75, 3.05) is 0 Å². The van der Waals surface area contributed by atoms with Crippen LogP contribution in [0.4, 0.5) is 0 Å². The standard InChI is InChI=1S/C22H30O3/c1-2-17-9-7-8-10-18(17)13-14-19-15-16-21(23)20(19)11-5-3-4-6-12-22(24)25/h7-10,13-14,19-20H,2-6,11-12,15-16H2,1H3,(H,24,25). The van der Waals surface area contributed by atoms with Gasteiger partial charge < -0.3 is 5.11 Å². The summed E-state index contributed by atoms with van der Waals surface area (Å²) in [6.07, 6.45) is 12.0. The van der Waals surface area contributed by atoms with Crippen molar-refractivity contribution >= 4 is 17.8 Å². The third kappa shape index (κ3) is 6.15. The molecule has 2 atom stereocenters. The van der Waals surface area contributed by atoms with E-state index >= 15 is 0 Å². The highest BCUT2D eigenvalue weighted by Crippen LogP contribution is 2.34. The number of ketones is 1. The number of carboxylic acids is 1. The van der Waals surface area contributed by atoms with Gasteiger partial charge in [0.2, 0.25) is 0 Å². The van der Waals surface area contributed by atoms with Crippen LogP contribution < -0.4 is 0 Å².